The van der Waals surface area contributed by atoms with Gasteiger partial charge in [-0.25, -0.2) is 0 Å². The molecule has 2 rings (SSSR count). The molecule has 19 heavy (non-hydrogen) atoms. The highest BCUT2D eigenvalue weighted by molar-refractivity contribution is 6.77. The average molecular weight is 266 g/mol. The van der Waals surface area contributed by atoms with Crippen LogP contribution < -0.4 is 0 Å². The molecule has 0 aromatic heterocycles. The van der Waals surface area contributed by atoms with Crippen LogP contribution in [0.25, 0.3) is 0 Å². The van der Waals surface area contributed by atoms with E-state index in [-0.39, 0.29) is 14.2 Å². The van der Waals surface area contributed by atoms with Crippen LogP contribution >= 0.6 is 0 Å². The summed E-state index contributed by atoms with van der Waals surface area (Å²) in [6.45, 7) is 7.39. The van der Waals surface area contributed by atoms with Gasteiger partial charge < -0.3 is 18.6 Å². The Hall–Kier alpha value is -0.290. The Balaban J connectivity index is 2.10. The van der Waals surface area contributed by atoms with Gasteiger partial charge in [-0.1, -0.05) is 19.9 Å². The Morgan fingerprint density at radius 2 is 1.32 bits per heavy atom. The number of hydrogen-bond donors (Lipinski definition) is 0. The molecular weight excluding hydrogens is 242 g/mol. The van der Waals surface area contributed by atoms with Crippen molar-refractivity contribution in [2.75, 3.05) is 26.4 Å². The lowest BCUT2D eigenvalue weighted by Crippen LogP contribution is -2.43. The van der Waals surface area contributed by atoms with E-state index in [9.17, 15) is 0 Å². The maximum Gasteiger partial charge on any atom is 0.485 e. The quantitative estimate of drug-likeness (QED) is 0.715. The van der Waals surface area contributed by atoms with E-state index in [0.29, 0.717) is 5.92 Å². The van der Waals surface area contributed by atoms with Crippen molar-refractivity contribution in [1.82, 2.24) is 0 Å². The molecular formula is C13H24B2O4. The third-order valence-electron chi connectivity index (χ3n) is 3.68. The van der Waals surface area contributed by atoms with Crippen LogP contribution in [0.2, 0.25) is 0 Å². The molecule has 0 bridgehead atoms. The van der Waals surface area contributed by atoms with Crippen LogP contribution in [-0.2, 0) is 18.6 Å². The zero-order valence-electron chi connectivity index (χ0n) is 12.1. The molecule has 106 valence electrons. The highest BCUT2D eigenvalue weighted by atomic mass is 16.6. The van der Waals surface area contributed by atoms with Gasteiger partial charge in [0, 0.05) is 26.4 Å². The van der Waals surface area contributed by atoms with Crippen LogP contribution in [0.15, 0.2) is 11.4 Å². The molecule has 2 fully saturated rings. The topological polar surface area (TPSA) is 36.9 Å². The van der Waals surface area contributed by atoms with Crippen LogP contribution in [0, 0.1) is 5.92 Å². The predicted molar refractivity (Wildman–Crippen MR) is 76.7 cm³/mol. The second-order valence-corrected chi connectivity index (χ2v) is 5.10. The fourth-order valence-corrected chi connectivity index (χ4v) is 2.43. The molecule has 0 radical (unpaired) electrons. The molecule has 4 nitrogen and oxygen atoms in total. The number of allylic oxidation sites excluding steroid dienone is 1. The molecule has 0 N–H and O–H groups in total. The van der Waals surface area contributed by atoms with Crippen molar-refractivity contribution in [3.05, 3.63) is 11.4 Å². The van der Waals surface area contributed by atoms with Gasteiger partial charge in [-0.15, -0.1) is 0 Å². The summed E-state index contributed by atoms with van der Waals surface area (Å²) in [5.74, 6) is 0.526. The fourth-order valence-electron chi connectivity index (χ4n) is 2.43. The van der Waals surface area contributed by atoms with Gasteiger partial charge >= 0.3 is 14.2 Å². The van der Waals surface area contributed by atoms with Crippen molar-refractivity contribution in [3.63, 3.8) is 0 Å². The normalized spacial score (nSPS) is 20.8. The average Bonchev–Trinajstić information content (AvgIpc) is 2.50. The van der Waals surface area contributed by atoms with Crippen LogP contribution in [0.3, 0.4) is 0 Å². The molecule has 0 saturated carbocycles. The van der Waals surface area contributed by atoms with Gasteiger partial charge in [-0.05, 0) is 37.0 Å². The highest BCUT2D eigenvalue weighted by Crippen LogP contribution is 2.21. The van der Waals surface area contributed by atoms with Gasteiger partial charge in [-0.3, -0.25) is 0 Å². The molecule has 2 aliphatic rings. The zero-order valence-corrected chi connectivity index (χ0v) is 12.1. The SMILES string of the molecule is CCC(C=C(B1OCCCO1)B1OCCCO1)CC. The summed E-state index contributed by atoms with van der Waals surface area (Å²) in [6, 6.07) is 0. The standard InChI is InChI=1S/C13H24B2O4/c1-3-12(4-2)11-13(14-16-7-5-8-17-14)15-18-9-6-10-19-15/h11-12H,3-10H2,1-2H3. The Morgan fingerprint density at radius 3 is 1.68 bits per heavy atom. The summed E-state index contributed by atoms with van der Waals surface area (Å²) in [5, 5.41) is 1.02. The Labute approximate surface area is 117 Å². The largest absolute Gasteiger partial charge is 0.485 e. The molecule has 0 aliphatic carbocycles. The molecule has 2 saturated heterocycles. The molecule has 0 aromatic carbocycles. The lowest BCUT2D eigenvalue weighted by molar-refractivity contribution is 0.127. The third-order valence-corrected chi connectivity index (χ3v) is 3.68. The third kappa shape index (κ3) is 4.35. The minimum atomic E-state index is -0.294. The highest BCUT2D eigenvalue weighted by Gasteiger charge is 2.39. The van der Waals surface area contributed by atoms with E-state index in [1.54, 1.807) is 0 Å². The number of rotatable bonds is 5. The Morgan fingerprint density at radius 1 is 0.895 bits per heavy atom. The van der Waals surface area contributed by atoms with Crippen LogP contribution in [-0.4, -0.2) is 40.7 Å². The molecule has 0 unspecified atom stereocenters. The fraction of sp³-hybridized carbons (Fsp3) is 0.846. The van der Waals surface area contributed by atoms with Gasteiger partial charge in [0.25, 0.3) is 0 Å². The van der Waals surface area contributed by atoms with Crippen LogP contribution in [0.5, 0.6) is 0 Å². The van der Waals surface area contributed by atoms with E-state index < -0.39 is 0 Å². The predicted octanol–water partition coefficient (Wildman–Crippen LogP) is 2.28. The molecule has 2 heterocycles. The molecule has 0 atom stereocenters. The summed E-state index contributed by atoms with van der Waals surface area (Å²) in [6.07, 6.45) is 6.38. The maximum absolute atomic E-state index is 5.73. The molecule has 0 aromatic rings. The molecule has 6 heteroatoms. The van der Waals surface area contributed by atoms with E-state index in [1.165, 1.54) is 0 Å². The van der Waals surface area contributed by atoms with Crippen molar-refractivity contribution in [2.45, 2.75) is 39.5 Å². The first-order valence-electron chi connectivity index (χ1n) is 7.53. The van der Waals surface area contributed by atoms with Gasteiger partial charge in [0.15, 0.2) is 0 Å². The van der Waals surface area contributed by atoms with Gasteiger partial charge in [0.2, 0.25) is 0 Å². The van der Waals surface area contributed by atoms with Crippen molar-refractivity contribution in [2.24, 2.45) is 5.92 Å². The smallest absolute Gasteiger partial charge is 0.408 e. The Kier molecular flexibility index (Phi) is 6.44. The van der Waals surface area contributed by atoms with Gasteiger partial charge in [-0.2, -0.15) is 0 Å². The zero-order chi connectivity index (χ0) is 13.5. The maximum atomic E-state index is 5.73. The minimum absolute atomic E-state index is 0.294. The van der Waals surface area contributed by atoms with Crippen molar-refractivity contribution >= 4 is 14.2 Å². The summed E-state index contributed by atoms with van der Waals surface area (Å²) in [5.41, 5.74) is 0. The van der Waals surface area contributed by atoms with Crippen molar-refractivity contribution < 1.29 is 18.6 Å². The van der Waals surface area contributed by atoms with E-state index in [1.807, 2.05) is 0 Å². The lowest BCUT2D eigenvalue weighted by Gasteiger charge is -2.28. The van der Waals surface area contributed by atoms with E-state index >= 15 is 0 Å². The lowest BCUT2D eigenvalue weighted by atomic mass is 9.55. The molecule has 0 amide bonds. The first kappa shape index (κ1) is 15.1. The first-order chi connectivity index (χ1) is 9.35. The molecule has 2 aliphatic heterocycles. The van der Waals surface area contributed by atoms with Crippen molar-refractivity contribution in [1.29, 1.82) is 0 Å². The van der Waals surface area contributed by atoms with Crippen LogP contribution in [0.4, 0.5) is 0 Å². The van der Waals surface area contributed by atoms with Gasteiger partial charge in [0.1, 0.15) is 0 Å². The van der Waals surface area contributed by atoms with Gasteiger partial charge in [0.05, 0.1) is 0 Å². The minimum Gasteiger partial charge on any atom is -0.408 e. The first-order valence-corrected chi connectivity index (χ1v) is 7.53. The molecule has 0 spiro atoms. The van der Waals surface area contributed by atoms with E-state index in [0.717, 1.165) is 57.5 Å². The monoisotopic (exact) mass is 266 g/mol. The van der Waals surface area contributed by atoms with Crippen molar-refractivity contribution in [3.8, 4) is 0 Å². The second kappa shape index (κ2) is 8.10. The number of hydrogen-bond acceptors (Lipinski definition) is 4. The second-order valence-electron chi connectivity index (χ2n) is 5.10. The summed E-state index contributed by atoms with van der Waals surface area (Å²) < 4.78 is 22.9. The summed E-state index contributed by atoms with van der Waals surface area (Å²) in [4.78, 5) is 0. The summed E-state index contributed by atoms with van der Waals surface area (Å²) in [7, 11) is -0.588. The van der Waals surface area contributed by atoms with E-state index in [4.69, 9.17) is 18.6 Å². The summed E-state index contributed by atoms with van der Waals surface area (Å²) >= 11 is 0. The van der Waals surface area contributed by atoms with E-state index in [2.05, 4.69) is 19.9 Å². The Bertz CT molecular complexity index is 262. The van der Waals surface area contributed by atoms with Crippen LogP contribution in [0.1, 0.15) is 39.5 Å².